The van der Waals surface area contributed by atoms with E-state index in [0.29, 0.717) is 5.15 Å². The van der Waals surface area contributed by atoms with Crippen molar-refractivity contribution in [2.75, 3.05) is 6.61 Å². The van der Waals surface area contributed by atoms with Crippen molar-refractivity contribution in [2.24, 2.45) is 29.6 Å². The van der Waals surface area contributed by atoms with Gasteiger partial charge in [0.05, 0.1) is 11.1 Å². The van der Waals surface area contributed by atoms with Crippen LogP contribution in [-0.4, -0.2) is 11.6 Å². The minimum atomic E-state index is 0.490. The average Bonchev–Trinajstić information content (AvgIpc) is 3.10. The molecule has 4 heteroatoms. The molecule has 2 nitrogen and oxygen atoms in total. The maximum atomic E-state index is 5.99. The van der Waals surface area contributed by atoms with Crippen molar-refractivity contribution in [1.29, 1.82) is 0 Å². The van der Waals surface area contributed by atoms with Crippen molar-refractivity contribution in [1.82, 2.24) is 4.98 Å². The van der Waals surface area contributed by atoms with E-state index in [1.54, 1.807) is 12.3 Å². The standard InChI is InChI=1S/C16H19BrClNO/c17-14-7-19-16(18)6-15(14)20-8-9-3-12-10-1-2-11(5-10)13(12)4-9/h6-7,9-13H,1-5,8H2/t9-,10+,11-,12-,13+. The van der Waals surface area contributed by atoms with Crippen LogP contribution < -0.4 is 4.74 Å². The van der Waals surface area contributed by atoms with Gasteiger partial charge < -0.3 is 4.74 Å². The van der Waals surface area contributed by atoms with Crippen LogP contribution in [0.25, 0.3) is 0 Å². The van der Waals surface area contributed by atoms with E-state index in [1.807, 2.05) is 0 Å². The Labute approximate surface area is 133 Å². The van der Waals surface area contributed by atoms with Crippen LogP contribution in [0, 0.1) is 29.6 Å². The highest BCUT2D eigenvalue weighted by atomic mass is 79.9. The van der Waals surface area contributed by atoms with Gasteiger partial charge in [0.25, 0.3) is 0 Å². The molecular weight excluding hydrogens is 338 g/mol. The average molecular weight is 357 g/mol. The van der Waals surface area contributed by atoms with Crippen LogP contribution in [0.2, 0.25) is 5.15 Å². The minimum Gasteiger partial charge on any atom is -0.492 e. The van der Waals surface area contributed by atoms with Gasteiger partial charge in [0, 0.05) is 12.3 Å². The van der Waals surface area contributed by atoms with Crippen molar-refractivity contribution in [2.45, 2.75) is 32.1 Å². The lowest BCUT2D eigenvalue weighted by Crippen LogP contribution is -2.15. The van der Waals surface area contributed by atoms with E-state index in [9.17, 15) is 0 Å². The van der Waals surface area contributed by atoms with Crippen LogP contribution in [0.15, 0.2) is 16.7 Å². The van der Waals surface area contributed by atoms with Gasteiger partial charge in [-0.3, -0.25) is 0 Å². The summed E-state index contributed by atoms with van der Waals surface area (Å²) in [7, 11) is 0. The third-order valence-corrected chi connectivity index (χ3v) is 6.55. The van der Waals surface area contributed by atoms with Gasteiger partial charge in [-0.25, -0.2) is 4.98 Å². The number of ether oxygens (including phenoxy) is 1. The van der Waals surface area contributed by atoms with Crippen molar-refractivity contribution >= 4 is 27.5 Å². The highest BCUT2D eigenvalue weighted by Gasteiger charge is 2.51. The van der Waals surface area contributed by atoms with E-state index < -0.39 is 0 Å². The summed E-state index contributed by atoms with van der Waals surface area (Å²) < 4.78 is 6.88. The second-order valence-corrected chi connectivity index (χ2v) is 7.99. The predicted molar refractivity (Wildman–Crippen MR) is 83.0 cm³/mol. The first-order valence-electron chi connectivity index (χ1n) is 7.64. The number of fused-ring (bicyclic) bond motifs is 5. The SMILES string of the molecule is Clc1cc(OC[C@@H]2C[C@@H]3[C@H]4CC[C@H](C4)[C@@H]3C2)c(Br)cn1. The van der Waals surface area contributed by atoms with Crippen LogP contribution >= 0.6 is 27.5 Å². The molecule has 3 aliphatic carbocycles. The summed E-state index contributed by atoms with van der Waals surface area (Å²) in [5, 5.41) is 0.490. The first-order chi connectivity index (χ1) is 9.70. The molecule has 0 N–H and O–H groups in total. The summed E-state index contributed by atoms with van der Waals surface area (Å²) in [6.45, 7) is 0.825. The van der Waals surface area contributed by atoms with Gasteiger partial charge in [-0.1, -0.05) is 11.6 Å². The Hall–Kier alpha value is -0.280. The van der Waals surface area contributed by atoms with Crippen molar-refractivity contribution in [3.05, 3.63) is 21.9 Å². The molecule has 1 aromatic rings. The molecule has 0 aliphatic heterocycles. The monoisotopic (exact) mass is 355 g/mol. The number of pyridine rings is 1. The van der Waals surface area contributed by atoms with Crippen molar-refractivity contribution in [3.8, 4) is 5.75 Å². The second kappa shape index (κ2) is 5.17. The van der Waals surface area contributed by atoms with Crippen LogP contribution in [0.3, 0.4) is 0 Å². The molecule has 0 radical (unpaired) electrons. The highest BCUT2D eigenvalue weighted by Crippen LogP contribution is 2.60. The molecule has 108 valence electrons. The number of aromatic nitrogens is 1. The summed E-state index contributed by atoms with van der Waals surface area (Å²) in [6.07, 6.45) is 8.97. The van der Waals surface area contributed by atoms with Gasteiger partial charge in [0.1, 0.15) is 10.9 Å². The number of nitrogens with zero attached hydrogens (tertiary/aromatic N) is 1. The van der Waals surface area contributed by atoms with E-state index >= 15 is 0 Å². The molecule has 0 saturated heterocycles. The Kier molecular flexibility index (Phi) is 3.46. The molecule has 20 heavy (non-hydrogen) atoms. The summed E-state index contributed by atoms with van der Waals surface area (Å²) >= 11 is 9.40. The van der Waals surface area contributed by atoms with Crippen molar-refractivity contribution < 1.29 is 4.74 Å². The molecule has 1 aromatic heterocycles. The fraction of sp³-hybridized carbons (Fsp3) is 0.688. The Balaban J connectivity index is 1.38. The second-order valence-electron chi connectivity index (χ2n) is 6.75. The molecule has 0 aromatic carbocycles. The van der Waals surface area contributed by atoms with Gasteiger partial charge in [-0.05, 0) is 77.6 Å². The van der Waals surface area contributed by atoms with E-state index in [1.165, 1.54) is 32.1 Å². The zero-order chi connectivity index (χ0) is 13.7. The lowest BCUT2D eigenvalue weighted by atomic mass is 9.82. The third-order valence-electron chi connectivity index (χ3n) is 5.75. The molecular formula is C16H19BrClNO. The molecule has 4 rings (SSSR count). The minimum absolute atomic E-state index is 0.490. The molecule has 3 saturated carbocycles. The fourth-order valence-electron chi connectivity index (χ4n) is 4.98. The third kappa shape index (κ3) is 2.27. The van der Waals surface area contributed by atoms with Crippen molar-refractivity contribution in [3.63, 3.8) is 0 Å². The topological polar surface area (TPSA) is 22.1 Å². The van der Waals surface area contributed by atoms with Gasteiger partial charge in [0.2, 0.25) is 0 Å². The first-order valence-corrected chi connectivity index (χ1v) is 8.81. The maximum Gasteiger partial charge on any atom is 0.138 e. The van der Waals surface area contributed by atoms with Gasteiger partial charge in [0.15, 0.2) is 0 Å². The lowest BCUT2D eigenvalue weighted by Gasteiger charge is -2.23. The van der Waals surface area contributed by atoms with E-state index in [-0.39, 0.29) is 0 Å². The number of hydrogen-bond acceptors (Lipinski definition) is 2. The van der Waals surface area contributed by atoms with Gasteiger partial charge in [-0.2, -0.15) is 0 Å². The van der Waals surface area contributed by atoms with Crippen LogP contribution in [0.4, 0.5) is 0 Å². The largest absolute Gasteiger partial charge is 0.492 e. The first kappa shape index (κ1) is 13.4. The summed E-state index contributed by atoms with van der Waals surface area (Å²) in [5.41, 5.74) is 0. The molecule has 0 unspecified atom stereocenters. The quantitative estimate of drug-likeness (QED) is 0.715. The predicted octanol–water partition coefficient (Wildman–Crippen LogP) is 4.95. The van der Waals surface area contributed by atoms with E-state index in [2.05, 4.69) is 20.9 Å². The molecule has 0 spiro atoms. The number of halogens is 2. The molecule has 3 aliphatic rings. The summed E-state index contributed by atoms with van der Waals surface area (Å²) in [5.74, 6) is 5.64. The molecule has 3 fully saturated rings. The molecule has 2 bridgehead atoms. The Bertz CT molecular complexity index is 505. The highest BCUT2D eigenvalue weighted by molar-refractivity contribution is 9.10. The number of hydrogen-bond donors (Lipinski definition) is 0. The maximum absolute atomic E-state index is 5.99. The zero-order valence-corrected chi connectivity index (χ0v) is 13.7. The molecule has 5 atom stereocenters. The normalized spacial score (nSPS) is 38.2. The summed E-state index contributed by atoms with van der Waals surface area (Å²) in [6, 6.07) is 1.80. The van der Waals surface area contributed by atoms with E-state index in [4.69, 9.17) is 16.3 Å². The molecule has 1 heterocycles. The van der Waals surface area contributed by atoms with Crippen LogP contribution in [0.5, 0.6) is 5.75 Å². The Morgan fingerprint density at radius 3 is 2.60 bits per heavy atom. The van der Waals surface area contributed by atoms with E-state index in [0.717, 1.165) is 46.4 Å². The van der Waals surface area contributed by atoms with Gasteiger partial charge >= 0.3 is 0 Å². The lowest BCUT2D eigenvalue weighted by molar-refractivity contribution is 0.238. The van der Waals surface area contributed by atoms with Crippen LogP contribution in [-0.2, 0) is 0 Å². The summed E-state index contributed by atoms with van der Waals surface area (Å²) in [4.78, 5) is 4.03. The van der Waals surface area contributed by atoms with Crippen LogP contribution in [0.1, 0.15) is 32.1 Å². The zero-order valence-electron chi connectivity index (χ0n) is 11.4. The van der Waals surface area contributed by atoms with Gasteiger partial charge in [-0.15, -0.1) is 0 Å². The Morgan fingerprint density at radius 2 is 1.90 bits per heavy atom. The Morgan fingerprint density at radius 1 is 1.20 bits per heavy atom. The molecule has 0 amide bonds. The smallest absolute Gasteiger partial charge is 0.138 e. The fourth-order valence-corrected chi connectivity index (χ4v) is 5.46. The number of rotatable bonds is 3.